The minimum absolute atomic E-state index is 0.195. The number of likely N-dealkylation sites (tertiary alicyclic amines) is 1. The number of amides is 1. The van der Waals surface area contributed by atoms with E-state index in [1.807, 2.05) is 30.3 Å². The number of hydrogen-bond donors (Lipinski definition) is 0. The van der Waals surface area contributed by atoms with Gasteiger partial charge in [0.15, 0.2) is 0 Å². The van der Waals surface area contributed by atoms with Crippen LogP contribution in [-0.2, 0) is 4.74 Å². The third kappa shape index (κ3) is 3.87. The highest BCUT2D eigenvalue weighted by molar-refractivity contribution is 5.94. The number of ether oxygens (including phenoxy) is 1. The number of rotatable bonds is 3. The fourth-order valence-electron chi connectivity index (χ4n) is 3.46. The number of benzene rings is 1. The molecule has 1 unspecified atom stereocenters. The predicted molar refractivity (Wildman–Crippen MR) is 87.0 cm³/mol. The average molecular weight is 302 g/mol. The van der Waals surface area contributed by atoms with Crippen LogP contribution < -0.4 is 0 Å². The topological polar surface area (TPSA) is 32.8 Å². The smallest absolute Gasteiger partial charge is 0.254 e. The first-order valence-electron chi connectivity index (χ1n) is 8.51. The quantitative estimate of drug-likeness (QED) is 0.859. The Bertz CT molecular complexity index is 471. The molecule has 1 aromatic carbocycles. The molecule has 2 heterocycles. The molecule has 1 atom stereocenters. The van der Waals surface area contributed by atoms with Crippen molar-refractivity contribution in [3.63, 3.8) is 0 Å². The molecular weight excluding hydrogens is 276 g/mol. The summed E-state index contributed by atoms with van der Waals surface area (Å²) in [5.41, 5.74) is 0.816. The third-order valence-corrected chi connectivity index (χ3v) is 4.73. The van der Waals surface area contributed by atoms with Gasteiger partial charge < -0.3 is 9.64 Å². The van der Waals surface area contributed by atoms with Gasteiger partial charge in [0.25, 0.3) is 5.91 Å². The number of carbonyl (C=O) groups excluding carboxylic acids is 1. The molecule has 0 saturated carbocycles. The molecule has 3 rings (SSSR count). The molecule has 4 nitrogen and oxygen atoms in total. The molecule has 2 aliphatic heterocycles. The summed E-state index contributed by atoms with van der Waals surface area (Å²) in [5.74, 6) is 0.195. The minimum atomic E-state index is 0.195. The largest absolute Gasteiger partial charge is 0.379 e. The van der Waals surface area contributed by atoms with Crippen LogP contribution >= 0.6 is 0 Å². The molecule has 0 N–H and O–H groups in total. The molecule has 0 aromatic heterocycles. The van der Waals surface area contributed by atoms with Crippen molar-refractivity contribution in [1.29, 1.82) is 0 Å². The number of morpholine rings is 1. The molecule has 4 heteroatoms. The van der Waals surface area contributed by atoms with Gasteiger partial charge in [-0.25, -0.2) is 0 Å². The van der Waals surface area contributed by atoms with Crippen LogP contribution in [0.4, 0.5) is 0 Å². The van der Waals surface area contributed by atoms with E-state index in [4.69, 9.17) is 4.74 Å². The second-order valence-electron chi connectivity index (χ2n) is 6.28. The third-order valence-electron chi connectivity index (χ3n) is 4.73. The van der Waals surface area contributed by atoms with Crippen molar-refractivity contribution in [2.45, 2.75) is 31.7 Å². The number of carbonyl (C=O) groups is 1. The average Bonchev–Trinajstić information content (AvgIpc) is 2.81. The summed E-state index contributed by atoms with van der Waals surface area (Å²) in [6.45, 7) is 5.50. The highest BCUT2D eigenvalue weighted by Crippen LogP contribution is 2.20. The zero-order chi connectivity index (χ0) is 15.2. The van der Waals surface area contributed by atoms with Crippen molar-refractivity contribution in [2.75, 3.05) is 39.4 Å². The van der Waals surface area contributed by atoms with Gasteiger partial charge in [-0.3, -0.25) is 9.69 Å². The standard InChI is InChI=1S/C18H26N2O2/c21-18(16-7-3-1-4-8-16)20-10-6-2-5-9-17(20)15-19-11-13-22-14-12-19/h1,3-4,7-8,17H,2,5-6,9-15H2. The summed E-state index contributed by atoms with van der Waals surface area (Å²) in [4.78, 5) is 17.5. The van der Waals surface area contributed by atoms with Crippen LogP contribution in [0.1, 0.15) is 36.0 Å². The fraction of sp³-hybridized carbons (Fsp3) is 0.611. The lowest BCUT2D eigenvalue weighted by atomic mass is 10.1. The van der Waals surface area contributed by atoms with E-state index in [1.165, 1.54) is 12.8 Å². The second kappa shape index (κ2) is 7.75. The molecule has 0 spiro atoms. The molecule has 2 aliphatic rings. The van der Waals surface area contributed by atoms with Crippen LogP contribution in [0.3, 0.4) is 0 Å². The van der Waals surface area contributed by atoms with Crippen molar-refractivity contribution >= 4 is 5.91 Å². The molecular formula is C18H26N2O2. The first-order valence-corrected chi connectivity index (χ1v) is 8.51. The van der Waals surface area contributed by atoms with Crippen molar-refractivity contribution in [3.8, 4) is 0 Å². The van der Waals surface area contributed by atoms with E-state index in [-0.39, 0.29) is 5.91 Å². The van der Waals surface area contributed by atoms with Crippen molar-refractivity contribution in [3.05, 3.63) is 35.9 Å². The van der Waals surface area contributed by atoms with Gasteiger partial charge in [-0.05, 0) is 25.0 Å². The lowest BCUT2D eigenvalue weighted by molar-refractivity contribution is 0.0218. The zero-order valence-corrected chi connectivity index (χ0v) is 13.2. The SMILES string of the molecule is O=C(c1ccccc1)N1CCCCCC1CN1CCOCC1. The predicted octanol–water partition coefficient (Wildman–Crippen LogP) is 2.40. The Labute approximate surface area is 133 Å². The van der Waals surface area contributed by atoms with E-state index >= 15 is 0 Å². The van der Waals surface area contributed by atoms with Crippen molar-refractivity contribution in [2.24, 2.45) is 0 Å². The maximum absolute atomic E-state index is 12.9. The molecule has 1 amide bonds. The lowest BCUT2D eigenvalue weighted by Crippen LogP contribution is -2.49. The summed E-state index contributed by atoms with van der Waals surface area (Å²) in [6, 6.07) is 10.1. The fourth-order valence-corrected chi connectivity index (χ4v) is 3.46. The van der Waals surface area contributed by atoms with E-state index in [0.717, 1.165) is 57.8 Å². The first-order chi connectivity index (χ1) is 10.8. The second-order valence-corrected chi connectivity index (χ2v) is 6.28. The van der Waals surface area contributed by atoms with E-state index in [1.54, 1.807) is 0 Å². The first kappa shape index (κ1) is 15.5. The Morgan fingerprint density at radius 1 is 1.05 bits per heavy atom. The molecule has 0 bridgehead atoms. The molecule has 22 heavy (non-hydrogen) atoms. The lowest BCUT2D eigenvalue weighted by Gasteiger charge is -2.36. The minimum Gasteiger partial charge on any atom is -0.379 e. The highest BCUT2D eigenvalue weighted by atomic mass is 16.5. The van der Waals surface area contributed by atoms with Gasteiger partial charge >= 0.3 is 0 Å². The summed E-state index contributed by atoms with van der Waals surface area (Å²) in [7, 11) is 0. The number of hydrogen-bond acceptors (Lipinski definition) is 3. The maximum Gasteiger partial charge on any atom is 0.254 e. The van der Waals surface area contributed by atoms with E-state index in [2.05, 4.69) is 9.80 Å². The highest BCUT2D eigenvalue weighted by Gasteiger charge is 2.28. The van der Waals surface area contributed by atoms with Gasteiger partial charge in [-0.15, -0.1) is 0 Å². The van der Waals surface area contributed by atoms with E-state index in [9.17, 15) is 4.79 Å². The Morgan fingerprint density at radius 3 is 2.59 bits per heavy atom. The van der Waals surface area contributed by atoms with Crippen LogP contribution in [0.15, 0.2) is 30.3 Å². The summed E-state index contributed by atoms with van der Waals surface area (Å²) in [6.07, 6.45) is 4.71. The Kier molecular flexibility index (Phi) is 5.46. The molecule has 0 radical (unpaired) electrons. The van der Waals surface area contributed by atoms with Crippen molar-refractivity contribution < 1.29 is 9.53 Å². The van der Waals surface area contributed by atoms with E-state index < -0.39 is 0 Å². The molecule has 2 fully saturated rings. The van der Waals surface area contributed by atoms with Gasteiger partial charge in [-0.1, -0.05) is 31.0 Å². The van der Waals surface area contributed by atoms with Crippen LogP contribution in [0, 0.1) is 0 Å². The van der Waals surface area contributed by atoms with Gasteiger partial charge in [0, 0.05) is 37.8 Å². The van der Waals surface area contributed by atoms with E-state index in [0.29, 0.717) is 6.04 Å². The molecule has 0 aliphatic carbocycles. The zero-order valence-electron chi connectivity index (χ0n) is 13.2. The Hall–Kier alpha value is -1.39. The van der Waals surface area contributed by atoms with Gasteiger partial charge in [0.05, 0.1) is 13.2 Å². The number of nitrogens with zero attached hydrogens (tertiary/aromatic N) is 2. The van der Waals surface area contributed by atoms with Crippen LogP contribution in [0.25, 0.3) is 0 Å². The summed E-state index contributed by atoms with van der Waals surface area (Å²) >= 11 is 0. The molecule has 1 aromatic rings. The Morgan fingerprint density at radius 2 is 1.82 bits per heavy atom. The normalized spacial score (nSPS) is 24.0. The van der Waals surface area contributed by atoms with Crippen LogP contribution in [0.2, 0.25) is 0 Å². The summed E-state index contributed by atoms with van der Waals surface area (Å²) in [5, 5.41) is 0. The monoisotopic (exact) mass is 302 g/mol. The van der Waals surface area contributed by atoms with Crippen LogP contribution in [-0.4, -0.2) is 61.1 Å². The summed E-state index contributed by atoms with van der Waals surface area (Å²) < 4.78 is 5.43. The Balaban J connectivity index is 1.71. The molecule has 120 valence electrons. The van der Waals surface area contributed by atoms with Crippen LogP contribution in [0.5, 0.6) is 0 Å². The van der Waals surface area contributed by atoms with Gasteiger partial charge in [0.2, 0.25) is 0 Å². The van der Waals surface area contributed by atoms with Gasteiger partial charge in [0.1, 0.15) is 0 Å². The maximum atomic E-state index is 12.9. The molecule has 2 saturated heterocycles. The van der Waals surface area contributed by atoms with Gasteiger partial charge in [-0.2, -0.15) is 0 Å². The van der Waals surface area contributed by atoms with Crippen molar-refractivity contribution in [1.82, 2.24) is 9.80 Å².